The molecule has 3 atom stereocenters. The lowest BCUT2D eigenvalue weighted by atomic mass is 9.94. The molecule has 1 heterocycles. The largest absolute Gasteiger partial charge is 0.329 e. The van der Waals surface area contributed by atoms with Crippen LogP contribution in [0.1, 0.15) is 32.6 Å². The third kappa shape index (κ3) is 1.62. The van der Waals surface area contributed by atoms with Gasteiger partial charge in [-0.2, -0.15) is 0 Å². The maximum absolute atomic E-state index is 5.87. The Kier molecular flexibility index (Phi) is 2.89. The third-order valence-corrected chi connectivity index (χ3v) is 3.90. The Morgan fingerprint density at radius 3 is 2.92 bits per heavy atom. The van der Waals surface area contributed by atoms with Crippen LogP contribution in [0.2, 0.25) is 0 Å². The molecule has 0 amide bonds. The van der Waals surface area contributed by atoms with E-state index in [2.05, 4.69) is 11.8 Å². The van der Waals surface area contributed by atoms with E-state index in [-0.39, 0.29) is 0 Å². The van der Waals surface area contributed by atoms with Crippen LogP contribution in [0.5, 0.6) is 0 Å². The Balaban J connectivity index is 1.99. The first-order valence-electron chi connectivity index (χ1n) is 5.81. The molecule has 0 aromatic rings. The maximum Gasteiger partial charge on any atom is 0.0249 e. The molecule has 13 heavy (non-hydrogen) atoms. The number of rotatable bonds is 3. The zero-order valence-electron chi connectivity index (χ0n) is 8.71. The second-order valence-corrected chi connectivity index (χ2v) is 4.65. The van der Waals surface area contributed by atoms with E-state index in [1.165, 1.54) is 38.8 Å². The van der Waals surface area contributed by atoms with Crippen molar-refractivity contribution in [2.24, 2.45) is 17.6 Å². The van der Waals surface area contributed by atoms with Crippen molar-refractivity contribution in [3.8, 4) is 0 Å². The molecule has 2 N–H and O–H groups in total. The van der Waals surface area contributed by atoms with Crippen LogP contribution in [0.3, 0.4) is 0 Å². The van der Waals surface area contributed by atoms with Crippen molar-refractivity contribution in [2.75, 3.05) is 19.6 Å². The van der Waals surface area contributed by atoms with Gasteiger partial charge in [0, 0.05) is 19.1 Å². The minimum absolute atomic E-state index is 0.715. The molecular formula is C11H22N2. The molecule has 1 aliphatic carbocycles. The predicted octanol–water partition coefficient (Wildman–Crippen LogP) is 1.46. The molecular weight excluding hydrogens is 160 g/mol. The number of hydrogen-bond donors (Lipinski definition) is 1. The minimum Gasteiger partial charge on any atom is -0.329 e. The highest BCUT2D eigenvalue weighted by Gasteiger charge is 2.42. The molecule has 2 aliphatic rings. The van der Waals surface area contributed by atoms with Crippen LogP contribution < -0.4 is 5.73 Å². The van der Waals surface area contributed by atoms with E-state index >= 15 is 0 Å². The van der Waals surface area contributed by atoms with Crippen molar-refractivity contribution in [2.45, 2.75) is 38.6 Å². The summed E-state index contributed by atoms with van der Waals surface area (Å²) in [6.07, 6.45) is 5.62. The Bertz CT molecular complexity index is 169. The van der Waals surface area contributed by atoms with Crippen LogP contribution >= 0.6 is 0 Å². The van der Waals surface area contributed by atoms with Gasteiger partial charge in [0.05, 0.1) is 0 Å². The van der Waals surface area contributed by atoms with Crippen molar-refractivity contribution in [1.82, 2.24) is 4.90 Å². The van der Waals surface area contributed by atoms with Gasteiger partial charge in [0.2, 0.25) is 0 Å². The van der Waals surface area contributed by atoms with Gasteiger partial charge in [-0.25, -0.2) is 0 Å². The van der Waals surface area contributed by atoms with E-state index < -0.39 is 0 Å². The van der Waals surface area contributed by atoms with Gasteiger partial charge in [-0.05, 0) is 37.6 Å². The van der Waals surface area contributed by atoms with Crippen LogP contribution in [0, 0.1) is 11.8 Å². The summed E-state index contributed by atoms with van der Waals surface area (Å²) in [5.41, 5.74) is 5.87. The van der Waals surface area contributed by atoms with E-state index in [1.807, 2.05) is 0 Å². The molecule has 0 bridgehead atoms. The first-order chi connectivity index (χ1) is 6.36. The molecule has 76 valence electrons. The van der Waals surface area contributed by atoms with Gasteiger partial charge in [0.15, 0.2) is 0 Å². The van der Waals surface area contributed by atoms with E-state index in [1.54, 1.807) is 0 Å². The number of fused-ring (bicyclic) bond motifs is 1. The fourth-order valence-electron chi connectivity index (χ4n) is 3.37. The second kappa shape index (κ2) is 3.97. The lowest BCUT2D eigenvalue weighted by Crippen LogP contribution is -2.39. The first-order valence-corrected chi connectivity index (χ1v) is 5.81. The van der Waals surface area contributed by atoms with Crippen molar-refractivity contribution in [1.29, 1.82) is 0 Å². The Hall–Kier alpha value is -0.0800. The molecule has 2 rings (SSSR count). The van der Waals surface area contributed by atoms with E-state index in [9.17, 15) is 0 Å². The van der Waals surface area contributed by atoms with Crippen LogP contribution in [0.25, 0.3) is 0 Å². The van der Waals surface area contributed by atoms with Gasteiger partial charge in [0.1, 0.15) is 0 Å². The van der Waals surface area contributed by atoms with Gasteiger partial charge >= 0.3 is 0 Å². The highest BCUT2D eigenvalue weighted by Crippen LogP contribution is 2.41. The summed E-state index contributed by atoms with van der Waals surface area (Å²) in [7, 11) is 0. The molecule has 1 saturated carbocycles. The number of likely N-dealkylation sites (tertiary alicyclic amines) is 1. The lowest BCUT2D eigenvalue weighted by Gasteiger charge is -2.25. The average Bonchev–Trinajstić information content (AvgIpc) is 2.64. The van der Waals surface area contributed by atoms with Crippen molar-refractivity contribution >= 4 is 0 Å². The zero-order valence-corrected chi connectivity index (χ0v) is 8.71. The SMILES string of the molecule is CCCN1CC2CCCC2C1CN. The summed E-state index contributed by atoms with van der Waals surface area (Å²) in [4.78, 5) is 2.63. The van der Waals surface area contributed by atoms with E-state index in [0.29, 0.717) is 6.04 Å². The van der Waals surface area contributed by atoms with Gasteiger partial charge < -0.3 is 5.73 Å². The molecule has 0 aromatic carbocycles. The Morgan fingerprint density at radius 2 is 2.23 bits per heavy atom. The average molecular weight is 182 g/mol. The van der Waals surface area contributed by atoms with E-state index in [4.69, 9.17) is 5.73 Å². The minimum atomic E-state index is 0.715. The second-order valence-electron chi connectivity index (χ2n) is 4.65. The summed E-state index contributed by atoms with van der Waals surface area (Å²) in [6, 6.07) is 0.715. The van der Waals surface area contributed by atoms with Crippen molar-refractivity contribution < 1.29 is 0 Å². The molecule has 0 spiro atoms. The first kappa shape index (κ1) is 9.47. The van der Waals surface area contributed by atoms with Crippen LogP contribution in [-0.2, 0) is 0 Å². The number of nitrogens with two attached hydrogens (primary N) is 1. The quantitative estimate of drug-likeness (QED) is 0.716. The summed E-state index contributed by atoms with van der Waals surface area (Å²) in [5, 5.41) is 0. The van der Waals surface area contributed by atoms with E-state index in [0.717, 1.165) is 18.4 Å². The van der Waals surface area contributed by atoms with Crippen molar-refractivity contribution in [3.63, 3.8) is 0 Å². The number of hydrogen-bond acceptors (Lipinski definition) is 2. The molecule has 0 radical (unpaired) electrons. The van der Waals surface area contributed by atoms with Gasteiger partial charge in [-0.1, -0.05) is 13.3 Å². The summed E-state index contributed by atoms with van der Waals surface area (Å²) < 4.78 is 0. The fourth-order valence-corrected chi connectivity index (χ4v) is 3.37. The van der Waals surface area contributed by atoms with Crippen LogP contribution in [-0.4, -0.2) is 30.6 Å². The lowest BCUT2D eigenvalue weighted by molar-refractivity contribution is 0.226. The molecule has 1 saturated heterocycles. The Morgan fingerprint density at radius 1 is 1.38 bits per heavy atom. The van der Waals surface area contributed by atoms with Crippen LogP contribution in [0.4, 0.5) is 0 Å². The molecule has 3 unspecified atom stereocenters. The molecule has 0 aromatic heterocycles. The number of nitrogens with zero attached hydrogens (tertiary/aromatic N) is 1. The summed E-state index contributed by atoms with van der Waals surface area (Å²) in [5.74, 6) is 1.93. The fraction of sp³-hybridized carbons (Fsp3) is 1.00. The molecule has 2 fully saturated rings. The maximum atomic E-state index is 5.87. The molecule has 2 heteroatoms. The van der Waals surface area contributed by atoms with Gasteiger partial charge in [-0.15, -0.1) is 0 Å². The molecule has 2 nitrogen and oxygen atoms in total. The standard InChI is InChI=1S/C11H22N2/c1-2-6-13-8-9-4-3-5-10(9)11(13)7-12/h9-11H,2-8,12H2,1H3. The predicted molar refractivity (Wildman–Crippen MR) is 55.5 cm³/mol. The normalized spacial score (nSPS) is 39.7. The van der Waals surface area contributed by atoms with Crippen molar-refractivity contribution in [3.05, 3.63) is 0 Å². The highest BCUT2D eigenvalue weighted by molar-refractivity contribution is 4.96. The summed E-state index contributed by atoms with van der Waals surface area (Å²) >= 11 is 0. The monoisotopic (exact) mass is 182 g/mol. The van der Waals surface area contributed by atoms with Gasteiger partial charge in [-0.3, -0.25) is 4.90 Å². The smallest absolute Gasteiger partial charge is 0.0249 e. The third-order valence-electron chi connectivity index (χ3n) is 3.90. The van der Waals surface area contributed by atoms with Gasteiger partial charge in [0.25, 0.3) is 0 Å². The summed E-state index contributed by atoms with van der Waals surface area (Å²) in [6.45, 7) is 5.73. The van der Waals surface area contributed by atoms with Crippen LogP contribution in [0.15, 0.2) is 0 Å². The zero-order chi connectivity index (χ0) is 9.26. The topological polar surface area (TPSA) is 29.3 Å². The Labute approximate surface area is 81.5 Å². The highest BCUT2D eigenvalue weighted by atomic mass is 15.2. The molecule has 1 aliphatic heterocycles.